The second-order valence-electron chi connectivity index (χ2n) is 9.06. The number of para-hydroxylation sites is 1. The Bertz CT molecular complexity index is 1070. The molecule has 160 valence electrons. The highest BCUT2D eigenvalue weighted by atomic mass is 16.2. The molecule has 0 aliphatic carbocycles. The Morgan fingerprint density at radius 1 is 1.03 bits per heavy atom. The van der Waals surface area contributed by atoms with Crippen LogP contribution in [0, 0.1) is 5.92 Å². The molecule has 0 unspecified atom stereocenters. The number of rotatable bonds is 3. The third-order valence-electron chi connectivity index (χ3n) is 6.62. The summed E-state index contributed by atoms with van der Waals surface area (Å²) in [7, 11) is 0. The Morgan fingerprint density at radius 2 is 1.81 bits per heavy atom. The van der Waals surface area contributed by atoms with Crippen LogP contribution in [0.25, 0.3) is 5.69 Å². The number of carbonyl (C=O) groups excluding carboxylic acids is 1. The fourth-order valence-electron chi connectivity index (χ4n) is 5.17. The molecule has 0 N–H and O–H groups in total. The number of fused-ring (bicyclic) bond motifs is 4. The number of amides is 1. The number of hydrogen-bond donors (Lipinski definition) is 0. The molecule has 3 aromatic rings. The van der Waals surface area contributed by atoms with Gasteiger partial charge in [-0.1, -0.05) is 38.1 Å². The Kier molecular flexibility index (Phi) is 5.10. The van der Waals surface area contributed by atoms with E-state index >= 15 is 0 Å². The Morgan fingerprint density at radius 3 is 2.55 bits per heavy atom. The van der Waals surface area contributed by atoms with E-state index in [9.17, 15) is 4.79 Å². The van der Waals surface area contributed by atoms with Crippen molar-refractivity contribution in [2.45, 2.75) is 38.8 Å². The normalized spacial score (nSPS) is 18.0. The van der Waals surface area contributed by atoms with E-state index in [1.54, 1.807) is 12.3 Å². The Hall–Kier alpha value is -2.99. The summed E-state index contributed by atoms with van der Waals surface area (Å²) in [5, 5.41) is 0. The first-order chi connectivity index (χ1) is 15.1. The van der Waals surface area contributed by atoms with Gasteiger partial charge < -0.3 is 9.47 Å². The molecule has 2 aliphatic heterocycles. The van der Waals surface area contributed by atoms with Crippen LogP contribution in [-0.4, -0.2) is 49.9 Å². The number of aromatic nitrogens is 3. The molecule has 0 saturated carbocycles. The van der Waals surface area contributed by atoms with Gasteiger partial charge in [-0.25, -0.2) is 4.98 Å². The summed E-state index contributed by atoms with van der Waals surface area (Å²) in [6.07, 6.45) is 7.41. The zero-order chi connectivity index (χ0) is 21.4. The average molecular weight is 416 g/mol. The molecule has 1 fully saturated rings. The van der Waals surface area contributed by atoms with Crippen molar-refractivity contribution in [2.24, 2.45) is 5.92 Å². The van der Waals surface area contributed by atoms with Crippen molar-refractivity contribution in [3.05, 3.63) is 78.1 Å². The Balaban J connectivity index is 1.50. The highest BCUT2D eigenvalue weighted by molar-refractivity contribution is 5.92. The molecule has 1 amide bonds. The van der Waals surface area contributed by atoms with Gasteiger partial charge in [0.05, 0.1) is 11.2 Å². The van der Waals surface area contributed by atoms with Crippen LogP contribution in [0.5, 0.6) is 0 Å². The molecule has 0 radical (unpaired) electrons. The maximum absolute atomic E-state index is 13.0. The minimum absolute atomic E-state index is 0.0195. The molecule has 4 heterocycles. The van der Waals surface area contributed by atoms with E-state index in [2.05, 4.69) is 58.8 Å². The number of likely N-dealkylation sites (tertiary alicyclic amines) is 1. The number of nitrogens with zero attached hydrogens (tertiary/aromatic N) is 5. The molecule has 2 aliphatic rings. The first-order valence-electron chi connectivity index (χ1n) is 11.2. The summed E-state index contributed by atoms with van der Waals surface area (Å²) in [6.45, 7) is 7.84. The van der Waals surface area contributed by atoms with Crippen LogP contribution in [-0.2, 0) is 12.1 Å². The second-order valence-corrected chi connectivity index (χ2v) is 9.06. The SMILES string of the molecule is CC(C)CN1Cc2ccccc2-n2ccnc2C12CCN(C(=O)c1ccccn1)CC2. The quantitative estimate of drug-likeness (QED) is 0.652. The van der Waals surface area contributed by atoms with E-state index in [0.717, 1.165) is 31.8 Å². The van der Waals surface area contributed by atoms with Crippen molar-refractivity contribution in [1.82, 2.24) is 24.3 Å². The highest BCUT2D eigenvalue weighted by Gasteiger charge is 2.47. The highest BCUT2D eigenvalue weighted by Crippen LogP contribution is 2.43. The maximum atomic E-state index is 13.0. The van der Waals surface area contributed by atoms with Crippen LogP contribution < -0.4 is 0 Å². The molecular formula is C25H29N5O. The van der Waals surface area contributed by atoms with Crippen LogP contribution in [0.15, 0.2) is 61.1 Å². The number of pyridine rings is 1. The van der Waals surface area contributed by atoms with Gasteiger partial charge in [-0.05, 0) is 42.5 Å². The lowest BCUT2D eigenvalue weighted by atomic mass is 9.83. The van der Waals surface area contributed by atoms with E-state index in [1.807, 2.05) is 23.2 Å². The van der Waals surface area contributed by atoms with Gasteiger partial charge >= 0.3 is 0 Å². The van der Waals surface area contributed by atoms with E-state index in [1.165, 1.54) is 11.3 Å². The zero-order valence-corrected chi connectivity index (χ0v) is 18.2. The van der Waals surface area contributed by atoms with Crippen LogP contribution in [0.2, 0.25) is 0 Å². The van der Waals surface area contributed by atoms with Crippen LogP contribution in [0.4, 0.5) is 0 Å². The lowest BCUT2D eigenvalue weighted by molar-refractivity contribution is 0.000626. The largest absolute Gasteiger partial charge is 0.337 e. The van der Waals surface area contributed by atoms with Gasteiger partial charge in [0, 0.05) is 44.8 Å². The smallest absolute Gasteiger partial charge is 0.272 e. The molecule has 31 heavy (non-hydrogen) atoms. The fourth-order valence-corrected chi connectivity index (χ4v) is 5.17. The van der Waals surface area contributed by atoms with E-state index < -0.39 is 0 Å². The third kappa shape index (κ3) is 3.45. The summed E-state index contributed by atoms with van der Waals surface area (Å²) >= 11 is 0. The third-order valence-corrected chi connectivity index (χ3v) is 6.62. The van der Waals surface area contributed by atoms with Crippen LogP contribution >= 0.6 is 0 Å². The van der Waals surface area contributed by atoms with Gasteiger partial charge in [-0.3, -0.25) is 14.7 Å². The molecule has 1 saturated heterocycles. The molecule has 0 bridgehead atoms. The van der Waals surface area contributed by atoms with E-state index in [-0.39, 0.29) is 11.4 Å². The lowest BCUT2D eigenvalue weighted by Gasteiger charge is -2.48. The first kappa shape index (κ1) is 19.9. The lowest BCUT2D eigenvalue weighted by Crippen LogP contribution is -2.55. The van der Waals surface area contributed by atoms with E-state index in [4.69, 9.17) is 4.98 Å². The number of carbonyl (C=O) groups is 1. The van der Waals surface area contributed by atoms with Crippen LogP contribution in [0.3, 0.4) is 0 Å². The predicted molar refractivity (Wildman–Crippen MR) is 120 cm³/mol. The van der Waals surface area contributed by atoms with Crippen molar-refractivity contribution in [3.63, 3.8) is 0 Å². The number of benzene rings is 1. The van der Waals surface area contributed by atoms with E-state index in [0.29, 0.717) is 24.7 Å². The fraction of sp³-hybridized carbons (Fsp3) is 0.400. The summed E-state index contributed by atoms with van der Waals surface area (Å²) in [5.41, 5.74) is 2.87. The van der Waals surface area contributed by atoms with Crippen molar-refractivity contribution >= 4 is 5.91 Å². The molecule has 6 nitrogen and oxygen atoms in total. The van der Waals surface area contributed by atoms with Crippen LogP contribution in [0.1, 0.15) is 48.6 Å². The first-order valence-corrected chi connectivity index (χ1v) is 11.2. The second kappa shape index (κ2) is 7.93. The topological polar surface area (TPSA) is 54.3 Å². The summed E-state index contributed by atoms with van der Waals surface area (Å²) in [5.74, 6) is 1.66. The minimum Gasteiger partial charge on any atom is -0.337 e. The molecule has 1 spiro atoms. The predicted octanol–water partition coefficient (Wildman–Crippen LogP) is 3.87. The average Bonchev–Trinajstić information content (AvgIpc) is 3.26. The Labute approximate surface area is 183 Å². The summed E-state index contributed by atoms with van der Waals surface area (Å²) in [6, 6.07) is 14.1. The van der Waals surface area contributed by atoms with Crippen molar-refractivity contribution in [1.29, 1.82) is 0 Å². The van der Waals surface area contributed by atoms with Crippen molar-refractivity contribution < 1.29 is 4.79 Å². The molecule has 5 rings (SSSR count). The van der Waals surface area contributed by atoms with Gasteiger partial charge in [0.2, 0.25) is 0 Å². The number of imidazole rings is 1. The van der Waals surface area contributed by atoms with Gasteiger partial charge in [-0.15, -0.1) is 0 Å². The molecular weight excluding hydrogens is 386 g/mol. The van der Waals surface area contributed by atoms with Gasteiger partial charge in [0.25, 0.3) is 5.91 Å². The monoisotopic (exact) mass is 415 g/mol. The number of hydrogen-bond acceptors (Lipinski definition) is 4. The summed E-state index contributed by atoms with van der Waals surface area (Å²) < 4.78 is 2.27. The van der Waals surface area contributed by atoms with Gasteiger partial charge in [0.15, 0.2) is 0 Å². The summed E-state index contributed by atoms with van der Waals surface area (Å²) in [4.78, 5) is 26.7. The standard InChI is InChI=1S/C25H29N5O/c1-19(2)17-29-18-20-7-3-4-9-22(20)30-16-13-27-24(30)25(29)10-14-28(15-11-25)23(31)21-8-5-6-12-26-21/h3-9,12-13,16,19H,10-11,14-15,17-18H2,1-2H3. The zero-order valence-electron chi connectivity index (χ0n) is 18.2. The van der Waals surface area contributed by atoms with Crippen molar-refractivity contribution in [3.8, 4) is 5.69 Å². The molecule has 0 atom stereocenters. The van der Waals surface area contributed by atoms with Gasteiger partial charge in [-0.2, -0.15) is 0 Å². The molecule has 6 heteroatoms. The van der Waals surface area contributed by atoms with Gasteiger partial charge in [0.1, 0.15) is 11.5 Å². The maximum Gasteiger partial charge on any atom is 0.272 e. The molecule has 1 aromatic carbocycles. The minimum atomic E-state index is -0.187. The molecule has 2 aromatic heterocycles. The van der Waals surface area contributed by atoms with Crippen molar-refractivity contribution in [2.75, 3.05) is 19.6 Å². The number of piperidine rings is 1.